The van der Waals surface area contributed by atoms with E-state index in [9.17, 15) is 9.59 Å². The van der Waals surface area contributed by atoms with Crippen molar-refractivity contribution in [2.75, 3.05) is 13.1 Å². The molecule has 0 unspecified atom stereocenters. The predicted octanol–water partition coefficient (Wildman–Crippen LogP) is 1.71. The van der Waals surface area contributed by atoms with Crippen LogP contribution in [0.3, 0.4) is 0 Å². The Labute approximate surface area is 105 Å². The standard InChI is InChI=1S/C11H15ClN2O3/c1-3-13-6-8(12)5-9(13)11(17)14(4-2)7-10(15)16/h5-6H,3-4,7H2,1-2H3,(H,15,16). The van der Waals surface area contributed by atoms with Crippen LogP contribution in [0.5, 0.6) is 0 Å². The fraction of sp³-hybridized carbons (Fsp3) is 0.455. The van der Waals surface area contributed by atoms with Crippen molar-refractivity contribution in [3.05, 3.63) is 23.0 Å². The van der Waals surface area contributed by atoms with E-state index in [0.29, 0.717) is 23.8 Å². The lowest BCUT2D eigenvalue weighted by Gasteiger charge is -2.19. The molecule has 6 heteroatoms. The Morgan fingerprint density at radius 1 is 1.47 bits per heavy atom. The zero-order chi connectivity index (χ0) is 13.0. The molecule has 0 aliphatic rings. The van der Waals surface area contributed by atoms with Gasteiger partial charge in [0.15, 0.2) is 0 Å². The van der Waals surface area contributed by atoms with Gasteiger partial charge >= 0.3 is 5.97 Å². The maximum absolute atomic E-state index is 12.1. The minimum absolute atomic E-state index is 0.304. The first-order chi connectivity index (χ1) is 7.99. The van der Waals surface area contributed by atoms with Crippen molar-refractivity contribution < 1.29 is 14.7 Å². The SMILES string of the molecule is CCN(CC(=O)O)C(=O)c1cc(Cl)cn1CC. The molecule has 0 saturated carbocycles. The number of aromatic nitrogens is 1. The summed E-state index contributed by atoms with van der Waals surface area (Å²) in [4.78, 5) is 24.0. The average molecular weight is 259 g/mol. The number of aryl methyl sites for hydroxylation is 1. The van der Waals surface area contributed by atoms with E-state index in [1.807, 2.05) is 6.92 Å². The number of amides is 1. The first-order valence-corrected chi connectivity index (χ1v) is 5.74. The van der Waals surface area contributed by atoms with Gasteiger partial charge in [-0.1, -0.05) is 11.6 Å². The second-order valence-electron chi connectivity index (χ2n) is 3.54. The van der Waals surface area contributed by atoms with Gasteiger partial charge in [0.2, 0.25) is 0 Å². The van der Waals surface area contributed by atoms with Gasteiger partial charge in [0.05, 0.1) is 5.02 Å². The van der Waals surface area contributed by atoms with Crippen molar-refractivity contribution in [2.24, 2.45) is 0 Å². The van der Waals surface area contributed by atoms with E-state index in [2.05, 4.69) is 0 Å². The van der Waals surface area contributed by atoms with Crippen LogP contribution in [0.4, 0.5) is 0 Å². The maximum atomic E-state index is 12.1. The zero-order valence-electron chi connectivity index (χ0n) is 9.81. The van der Waals surface area contributed by atoms with Gasteiger partial charge in [-0.25, -0.2) is 0 Å². The Bertz CT molecular complexity index is 428. The summed E-state index contributed by atoms with van der Waals surface area (Å²) in [5.74, 6) is -1.34. The third-order valence-electron chi connectivity index (χ3n) is 2.42. The molecule has 1 aromatic heterocycles. The zero-order valence-corrected chi connectivity index (χ0v) is 10.6. The van der Waals surface area contributed by atoms with E-state index >= 15 is 0 Å². The third kappa shape index (κ3) is 3.23. The summed E-state index contributed by atoms with van der Waals surface area (Å²) in [6.07, 6.45) is 1.66. The first-order valence-electron chi connectivity index (χ1n) is 5.36. The van der Waals surface area contributed by atoms with Crippen LogP contribution in [0.2, 0.25) is 5.02 Å². The highest BCUT2D eigenvalue weighted by atomic mass is 35.5. The summed E-state index contributed by atoms with van der Waals surface area (Å²) in [5, 5.41) is 9.19. The molecule has 0 aromatic carbocycles. The van der Waals surface area contributed by atoms with Crippen LogP contribution < -0.4 is 0 Å². The molecule has 1 aromatic rings. The summed E-state index contributed by atoms with van der Waals surface area (Å²) < 4.78 is 1.70. The molecule has 0 saturated heterocycles. The van der Waals surface area contributed by atoms with E-state index in [4.69, 9.17) is 16.7 Å². The van der Waals surface area contributed by atoms with Gasteiger partial charge in [0, 0.05) is 19.3 Å². The minimum atomic E-state index is -1.03. The monoisotopic (exact) mass is 258 g/mol. The van der Waals surface area contributed by atoms with Gasteiger partial charge in [0.1, 0.15) is 12.2 Å². The topological polar surface area (TPSA) is 62.5 Å². The van der Waals surface area contributed by atoms with Crippen molar-refractivity contribution in [3.63, 3.8) is 0 Å². The molecular weight excluding hydrogens is 244 g/mol. The normalized spacial score (nSPS) is 10.3. The molecule has 17 heavy (non-hydrogen) atoms. The smallest absolute Gasteiger partial charge is 0.323 e. The van der Waals surface area contributed by atoms with E-state index in [1.165, 1.54) is 4.90 Å². The highest BCUT2D eigenvalue weighted by Crippen LogP contribution is 2.16. The summed E-state index contributed by atoms with van der Waals surface area (Å²) >= 11 is 5.83. The number of carbonyl (C=O) groups excluding carboxylic acids is 1. The molecule has 94 valence electrons. The van der Waals surface area contributed by atoms with Crippen LogP contribution in [-0.4, -0.2) is 39.5 Å². The van der Waals surface area contributed by atoms with E-state index in [1.54, 1.807) is 23.8 Å². The number of halogens is 1. The van der Waals surface area contributed by atoms with Crippen molar-refractivity contribution in [3.8, 4) is 0 Å². The van der Waals surface area contributed by atoms with Crippen molar-refractivity contribution >= 4 is 23.5 Å². The number of likely N-dealkylation sites (N-methyl/N-ethyl adjacent to an activating group) is 1. The van der Waals surface area contributed by atoms with Crippen LogP contribution in [0.1, 0.15) is 24.3 Å². The lowest BCUT2D eigenvalue weighted by Crippen LogP contribution is -2.36. The van der Waals surface area contributed by atoms with Crippen molar-refractivity contribution in [1.29, 1.82) is 0 Å². The largest absolute Gasteiger partial charge is 0.480 e. The maximum Gasteiger partial charge on any atom is 0.323 e. The third-order valence-corrected chi connectivity index (χ3v) is 2.62. The number of carboxylic acid groups (broad SMARTS) is 1. The second-order valence-corrected chi connectivity index (χ2v) is 3.98. The summed E-state index contributed by atoms with van der Waals surface area (Å²) in [6, 6.07) is 1.55. The molecule has 0 spiro atoms. The summed E-state index contributed by atoms with van der Waals surface area (Å²) in [5.41, 5.74) is 0.417. The molecular formula is C11H15ClN2O3. The lowest BCUT2D eigenvalue weighted by molar-refractivity contribution is -0.137. The second kappa shape index (κ2) is 5.72. The predicted molar refractivity (Wildman–Crippen MR) is 64.3 cm³/mol. The summed E-state index contributed by atoms with van der Waals surface area (Å²) in [7, 11) is 0. The quantitative estimate of drug-likeness (QED) is 0.875. The van der Waals surface area contributed by atoms with Gasteiger partial charge in [-0.15, -0.1) is 0 Å². The molecule has 0 radical (unpaired) electrons. The average Bonchev–Trinajstić information content (AvgIpc) is 2.66. The van der Waals surface area contributed by atoms with Crippen LogP contribution in [0, 0.1) is 0 Å². The Hall–Kier alpha value is -1.49. The fourth-order valence-electron chi connectivity index (χ4n) is 1.57. The number of carbonyl (C=O) groups is 2. The molecule has 5 nitrogen and oxygen atoms in total. The minimum Gasteiger partial charge on any atom is -0.480 e. The summed E-state index contributed by atoms with van der Waals surface area (Å²) in [6.45, 7) is 4.28. The number of carboxylic acids is 1. The van der Waals surface area contributed by atoms with E-state index < -0.39 is 5.97 Å². The molecule has 0 aliphatic carbocycles. The Kier molecular flexibility index (Phi) is 4.57. The van der Waals surface area contributed by atoms with Crippen molar-refractivity contribution in [2.45, 2.75) is 20.4 Å². The lowest BCUT2D eigenvalue weighted by atomic mass is 10.3. The molecule has 0 atom stereocenters. The van der Waals surface area contributed by atoms with Gasteiger partial charge in [-0.3, -0.25) is 9.59 Å². The number of nitrogens with zero attached hydrogens (tertiary/aromatic N) is 2. The van der Waals surface area contributed by atoms with E-state index in [0.717, 1.165) is 0 Å². The Morgan fingerprint density at radius 3 is 2.59 bits per heavy atom. The number of hydrogen-bond donors (Lipinski definition) is 1. The Morgan fingerprint density at radius 2 is 2.12 bits per heavy atom. The molecule has 1 heterocycles. The van der Waals surface area contributed by atoms with Gasteiger partial charge in [-0.05, 0) is 19.9 Å². The molecule has 0 bridgehead atoms. The fourth-order valence-corrected chi connectivity index (χ4v) is 1.79. The highest BCUT2D eigenvalue weighted by Gasteiger charge is 2.20. The van der Waals surface area contributed by atoms with Crippen LogP contribution in [-0.2, 0) is 11.3 Å². The van der Waals surface area contributed by atoms with Crippen LogP contribution in [0.15, 0.2) is 12.3 Å². The first kappa shape index (κ1) is 13.6. The van der Waals surface area contributed by atoms with Gasteiger partial charge in [-0.2, -0.15) is 0 Å². The molecule has 1 rings (SSSR count). The molecule has 1 amide bonds. The molecule has 0 fully saturated rings. The van der Waals surface area contributed by atoms with Crippen LogP contribution in [0.25, 0.3) is 0 Å². The van der Waals surface area contributed by atoms with Gasteiger partial charge < -0.3 is 14.6 Å². The molecule has 1 N–H and O–H groups in total. The van der Waals surface area contributed by atoms with Gasteiger partial charge in [0.25, 0.3) is 5.91 Å². The molecule has 0 aliphatic heterocycles. The number of hydrogen-bond acceptors (Lipinski definition) is 2. The number of rotatable bonds is 5. The highest BCUT2D eigenvalue weighted by molar-refractivity contribution is 6.31. The Balaban J connectivity index is 2.96. The number of aliphatic carboxylic acids is 1. The van der Waals surface area contributed by atoms with Crippen LogP contribution >= 0.6 is 11.6 Å². The van der Waals surface area contributed by atoms with Crippen molar-refractivity contribution in [1.82, 2.24) is 9.47 Å². The van der Waals surface area contributed by atoms with E-state index in [-0.39, 0.29) is 12.5 Å².